The summed E-state index contributed by atoms with van der Waals surface area (Å²) in [6.45, 7) is 4.41. The third kappa shape index (κ3) is 3.79. The van der Waals surface area contributed by atoms with Crippen molar-refractivity contribution in [3.05, 3.63) is 59.4 Å². The number of halogens is 1. The van der Waals surface area contributed by atoms with Crippen LogP contribution in [0.25, 0.3) is 0 Å². The number of anilines is 2. The first kappa shape index (κ1) is 17.0. The average Bonchev–Trinajstić information content (AvgIpc) is 2.92. The van der Waals surface area contributed by atoms with Crippen molar-refractivity contribution in [3.8, 4) is 0 Å². The minimum atomic E-state index is -0.523. The molecule has 0 spiro atoms. The molecule has 2 aromatic carbocycles. The van der Waals surface area contributed by atoms with E-state index in [0.717, 1.165) is 16.8 Å². The highest BCUT2D eigenvalue weighted by atomic mass is 19.1. The maximum atomic E-state index is 13.6. The fraction of sp³-hybridized carbons (Fsp3) is 0.263. The van der Waals surface area contributed by atoms with Crippen molar-refractivity contribution in [1.82, 2.24) is 5.32 Å². The number of nitrogens with zero attached hydrogens (tertiary/aromatic N) is 1. The summed E-state index contributed by atoms with van der Waals surface area (Å²) < 4.78 is 13.6. The van der Waals surface area contributed by atoms with Gasteiger partial charge in [-0.25, -0.2) is 9.18 Å². The Morgan fingerprint density at radius 2 is 1.92 bits per heavy atom. The monoisotopic (exact) mass is 341 g/mol. The SMILES string of the molecule is Cc1ccc(N2CC(NC(=O)Nc3ccccc3F)CC2=O)cc1C. The molecule has 0 bridgehead atoms. The highest BCUT2D eigenvalue weighted by Crippen LogP contribution is 2.24. The van der Waals surface area contributed by atoms with Crippen LogP contribution < -0.4 is 15.5 Å². The van der Waals surface area contributed by atoms with Crippen LogP contribution in [0.4, 0.5) is 20.6 Å². The highest BCUT2D eigenvalue weighted by molar-refractivity contribution is 5.97. The van der Waals surface area contributed by atoms with Gasteiger partial charge in [0.2, 0.25) is 5.91 Å². The number of rotatable bonds is 3. The summed E-state index contributed by atoms with van der Waals surface area (Å²) in [4.78, 5) is 26.0. The zero-order valence-electron chi connectivity index (χ0n) is 14.2. The summed E-state index contributed by atoms with van der Waals surface area (Å²) in [5.41, 5.74) is 3.20. The zero-order valence-corrected chi connectivity index (χ0v) is 14.2. The van der Waals surface area contributed by atoms with Gasteiger partial charge in [-0.3, -0.25) is 4.79 Å². The fourth-order valence-corrected chi connectivity index (χ4v) is 2.85. The molecule has 3 amide bonds. The number of urea groups is 1. The molecule has 1 atom stereocenters. The topological polar surface area (TPSA) is 61.4 Å². The van der Waals surface area contributed by atoms with Crippen molar-refractivity contribution in [1.29, 1.82) is 0 Å². The molecule has 1 fully saturated rings. The van der Waals surface area contributed by atoms with Crippen LogP contribution in [0.3, 0.4) is 0 Å². The van der Waals surface area contributed by atoms with Crippen LogP contribution in [-0.2, 0) is 4.79 Å². The van der Waals surface area contributed by atoms with Crippen LogP contribution in [0.2, 0.25) is 0 Å². The van der Waals surface area contributed by atoms with Gasteiger partial charge in [0.15, 0.2) is 0 Å². The standard InChI is InChI=1S/C19H20FN3O2/c1-12-7-8-15(9-13(12)2)23-11-14(10-18(23)24)21-19(25)22-17-6-4-3-5-16(17)20/h3-9,14H,10-11H2,1-2H3,(H2,21,22,25). The highest BCUT2D eigenvalue weighted by Gasteiger charge is 2.31. The number of para-hydroxylation sites is 1. The van der Waals surface area contributed by atoms with E-state index >= 15 is 0 Å². The minimum absolute atomic E-state index is 0.0422. The Hall–Kier alpha value is -2.89. The molecule has 3 rings (SSSR count). The van der Waals surface area contributed by atoms with Gasteiger partial charge in [0, 0.05) is 18.7 Å². The lowest BCUT2D eigenvalue weighted by Gasteiger charge is -2.18. The van der Waals surface area contributed by atoms with Crippen molar-refractivity contribution < 1.29 is 14.0 Å². The number of nitrogens with one attached hydrogen (secondary N) is 2. The molecule has 0 saturated carbocycles. The van der Waals surface area contributed by atoms with E-state index in [2.05, 4.69) is 10.6 Å². The van der Waals surface area contributed by atoms with Crippen LogP contribution in [-0.4, -0.2) is 24.5 Å². The molecule has 6 heteroatoms. The number of benzene rings is 2. The first-order valence-corrected chi connectivity index (χ1v) is 8.13. The second-order valence-electron chi connectivity index (χ2n) is 6.25. The van der Waals surface area contributed by atoms with Crippen molar-refractivity contribution >= 4 is 23.3 Å². The quantitative estimate of drug-likeness (QED) is 0.899. The molecule has 0 radical (unpaired) electrons. The average molecular weight is 341 g/mol. The number of amides is 3. The Balaban J connectivity index is 1.63. The first-order chi connectivity index (χ1) is 11.9. The summed E-state index contributed by atoms with van der Waals surface area (Å²) in [5, 5.41) is 5.20. The number of carbonyl (C=O) groups is 2. The van der Waals surface area contributed by atoms with Crippen LogP contribution in [0, 0.1) is 19.7 Å². The van der Waals surface area contributed by atoms with Gasteiger partial charge in [-0.15, -0.1) is 0 Å². The lowest BCUT2D eigenvalue weighted by atomic mass is 10.1. The summed E-state index contributed by atoms with van der Waals surface area (Å²) in [5.74, 6) is -0.545. The van der Waals surface area contributed by atoms with Gasteiger partial charge in [0.25, 0.3) is 0 Å². The van der Waals surface area contributed by atoms with Crippen LogP contribution in [0.1, 0.15) is 17.5 Å². The van der Waals surface area contributed by atoms with E-state index in [1.807, 2.05) is 32.0 Å². The number of carbonyl (C=O) groups excluding carboxylic acids is 2. The van der Waals surface area contributed by atoms with Crippen molar-refractivity contribution in [2.24, 2.45) is 0 Å². The van der Waals surface area contributed by atoms with Crippen molar-refractivity contribution in [2.45, 2.75) is 26.3 Å². The number of hydrogen-bond donors (Lipinski definition) is 2. The molecule has 2 N–H and O–H groups in total. The molecule has 0 aromatic heterocycles. The van der Waals surface area contributed by atoms with E-state index in [1.165, 1.54) is 12.1 Å². The molecule has 1 unspecified atom stereocenters. The first-order valence-electron chi connectivity index (χ1n) is 8.13. The normalized spacial score (nSPS) is 16.8. The second-order valence-corrected chi connectivity index (χ2v) is 6.25. The molecular formula is C19H20FN3O2. The van der Waals surface area contributed by atoms with Gasteiger partial charge >= 0.3 is 6.03 Å². The Morgan fingerprint density at radius 3 is 2.64 bits per heavy atom. The number of hydrogen-bond acceptors (Lipinski definition) is 2. The van der Waals surface area contributed by atoms with E-state index in [0.29, 0.717) is 6.54 Å². The molecule has 5 nitrogen and oxygen atoms in total. The second kappa shape index (κ2) is 6.93. The maximum absolute atomic E-state index is 13.6. The molecule has 1 aliphatic rings. The Bertz CT molecular complexity index is 822. The van der Waals surface area contributed by atoms with Crippen LogP contribution in [0.5, 0.6) is 0 Å². The predicted molar refractivity (Wildman–Crippen MR) is 95.2 cm³/mol. The summed E-state index contributed by atoms with van der Waals surface area (Å²) in [7, 11) is 0. The van der Waals surface area contributed by atoms with Gasteiger partial charge in [0.05, 0.1) is 11.7 Å². The van der Waals surface area contributed by atoms with Gasteiger partial charge in [-0.05, 0) is 49.2 Å². The van der Waals surface area contributed by atoms with E-state index in [4.69, 9.17) is 0 Å². The summed E-state index contributed by atoms with van der Waals surface area (Å²) in [6, 6.07) is 11.0. The van der Waals surface area contributed by atoms with Gasteiger partial charge in [0.1, 0.15) is 5.82 Å². The van der Waals surface area contributed by atoms with Gasteiger partial charge in [-0.1, -0.05) is 18.2 Å². The smallest absolute Gasteiger partial charge is 0.319 e. The van der Waals surface area contributed by atoms with Crippen LogP contribution in [0.15, 0.2) is 42.5 Å². The Kier molecular flexibility index (Phi) is 4.70. The molecule has 1 saturated heterocycles. The molecule has 1 aliphatic heterocycles. The van der Waals surface area contributed by atoms with Crippen molar-refractivity contribution in [2.75, 3.05) is 16.8 Å². The van der Waals surface area contributed by atoms with E-state index in [1.54, 1.807) is 17.0 Å². The molecule has 2 aromatic rings. The Labute approximate surface area is 145 Å². The Morgan fingerprint density at radius 1 is 1.16 bits per heavy atom. The molecular weight excluding hydrogens is 321 g/mol. The molecule has 130 valence electrons. The lowest BCUT2D eigenvalue weighted by molar-refractivity contribution is -0.117. The van der Waals surface area contributed by atoms with Crippen molar-refractivity contribution in [3.63, 3.8) is 0 Å². The molecule has 0 aliphatic carbocycles. The largest absolute Gasteiger partial charge is 0.333 e. The maximum Gasteiger partial charge on any atom is 0.319 e. The predicted octanol–water partition coefficient (Wildman–Crippen LogP) is 3.37. The lowest BCUT2D eigenvalue weighted by Crippen LogP contribution is -2.39. The van der Waals surface area contributed by atoms with Gasteiger partial charge in [-0.2, -0.15) is 0 Å². The molecule has 1 heterocycles. The van der Waals surface area contributed by atoms with Gasteiger partial charge < -0.3 is 15.5 Å². The molecule has 25 heavy (non-hydrogen) atoms. The van der Waals surface area contributed by atoms with E-state index in [9.17, 15) is 14.0 Å². The van der Waals surface area contributed by atoms with E-state index in [-0.39, 0.29) is 24.1 Å². The fourth-order valence-electron chi connectivity index (χ4n) is 2.85. The zero-order chi connectivity index (χ0) is 18.0. The van der Waals surface area contributed by atoms with Crippen LogP contribution >= 0.6 is 0 Å². The number of aryl methyl sites for hydroxylation is 2. The third-order valence-corrected chi connectivity index (χ3v) is 4.38. The third-order valence-electron chi connectivity index (χ3n) is 4.38. The van der Waals surface area contributed by atoms with E-state index < -0.39 is 11.8 Å². The summed E-state index contributed by atoms with van der Waals surface area (Å²) in [6.07, 6.45) is 0.220. The summed E-state index contributed by atoms with van der Waals surface area (Å²) >= 11 is 0. The minimum Gasteiger partial charge on any atom is -0.333 e.